The van der Waals surface area contributed by atoms with Crippen molar-refractivity contribution in [2.45, 2.75) is 45.1 Å². The van der Waals surface area contributed by atoms with Crippen LogP contribution in [0, 0.1) is 0 Å². The topological polar surface area (TPSA) is 35.2 Å². The Hall–Kier alpha value is -1.02. The maximum Gasteiger partial charge on any atom is 0.127 e. The number of ether oxygens (including phenoxy) is 1. The predicted molar refractivity (Wildman–Crippen MR) is 66.7 cm³/mol. The summed E-state index contributed by atoms with van der Waals surface area (Å²) in [6.45, 7) is 5.12. The average Bonchev–Trinajstić information content (AvgIpc) is 2.37. The summed E-state index contributed by atoms with van der Waals surface area (Å²) < 4.78 is 5.82. The molecule has 0 radical (unpaired) electrons. The zero-order valence-corrected chi connectivity index (χ0v) is 10.3. The fraction of sp³-hybridized carbons (Fsp3) is 0.571. The first kappa shape index (κ1) is 11.5. The van der Waals surface area contributed by atoms with E-state index in [1.54, 1.807) is 0 Å². The molecule has 0 spiro atoms. The summed E-state index contributed by atoms with van der Waals surface area (Å²) in [5, 5.41) is 0. The van der Waals surface area contributed by atoms with Crippen molar-refractivity contribution in [1.82, 2.24) is 0 Å². The van der Waals surface area contributed by atoms with Gasteiger partial charge in [0.25, 0.3) is 0 Å². The number of rotatable bonds is 3. The summed E-state index contributed by atoms with van der Waals surface area (Å²) >= 11 is 0. The summed E-state index contributed by atoms with van der Waals surface area (Å²) in [6, 6.07) is 6.39. The zero-order chi connectivity index (χ0) is 11.6. The zero-order valence-electron chi connectivity index (χ0n) is 10.3. The van der Waals surface area contributed by atoms with Crippen LogP contribution in [0.15, 0.2) is 18.2 Å². The molecule has 0 atom stereocenters. The van der Waals surface area contributed by atoms with Crippen LogP contribution in [0.1, 0.15) is 44.2 Å². The maximum atomic E-state index is 6.46. The van der Waals surface area contributed by atoms with E-state index in [4.69, 9.17) is 10.5 Å². The lowest BCUT2D eigenvalue weighted by molar-refractivity contribution is 0.273. The van der Waals surface area contributed by atoms with Crippen LogP contribution in [-0.4, -0.2) is 6.61 Å². The highest BCUT2D eigenvalue weighted by Crippen LogP contribution is 2.37. The number of para-hydroxylation sites is 1. The van der Waals surface area contributed by atoms with E-state index in [2.05, 4.69) is 32.0 Å². The van der Waals surface area contributed by atoms with E-state index in [0.29, 0.717) is 0 Å². The van der Waals surface area contributed by atoms with Gasteiger partial charge in [0.05, 0.1) is 6.61 Å². The molecule has 2 nitrogen and oxygen atoms in total. The van der Waals surface area contributed by atoms with Gasteiger partial charge in [0.2, 0.25) is 0 Å². The molecule has 1 aliphatic heterocycles. The van der Waals surface area contributed by atoms with Gasteiger partial charge in [-0.1, -0.05) is 32.0 Å². The van der Waals surface area contributed by atoms with E-state index < -0.39 is 0 Å². The summed E-state index contributed by atoms with van der Waals surface area (Å²) in [6.07, 6.45) is 4.13. The lowest BCUT2D eigenvalue weighted by atomic mass is 9.83. The molecule has 16 heavy (non-hydrogen) atoms. The molecule has 1 aliphatic rings. The first-order valence-corrected chi connectivity index (χ1v) is 6.25. The van der Waals surface area contributed by atoms with E-state index in [-0.39, 0.29) is 5.54 Å². The van der Waals surface area contributed by atoms with Gasteiger partial charge < -0.3 is 10.5 Å². The number of fused-ring (bicyclic) bond motifs is 1. The number of hydrogen-bond acceptors (Lipinski definition) is 2. The van der Waals surface area contributed by atoms with Crippen LogP contribution in [0.2, 0.25) is 0 Å². The molecule has 88 valence electrons. The van der Waals surface area contributed by atoms with E-state index in [1.165, 1.54) is 11.1 Å². The molecule has 0 unspecified atom stereocenters. The monoisotopic (exact) mass is 219 g/mol. The number of nitrogens with two attached hydrogens (primary N) is 1. The highest BCUT2D eigenvalue weighted by atomic mass is 16.5. The second-order valence-corrected chi connectivity index (χ2v) is 4.61. The third-order valence-corrected chi connectivity index (χ3v) is 3.73. The third kappa shape index (κ3) is 1.82. The van der Waals surface area contributed by atoms with Gasteiger partial charge in [-0.2, -0.15) is 0 Å². The third-order valence-electron chi connectivity index (χ3n) is 3.73. The maximum absolute atomic E-state index is 6.46. The van der Waals surface area contributed by atoms with Crippen molar-refractivity contribution in [3.05, 3.63) is 29.3 Å². The van der Waals surface area contributed by atoms with Crippen molar-refractivity contribution >= 4 is 0 Å². The van der Waals surface area contributed by atoms with Gasteiger partial charge in [-0.15, -0.1) is 0 Å². The first-order valence-electron chi connectivity index (χ1n) is 6.25. The molecule has 0 aromatic heterocycles. The Morgan fingerprint density at radius 1 is 1.31 bits per heavy atom. The molecule has 2 rings (SSSR count). The standard InChI is InChI=1S/C14H21NO/c1-3-14(15,4-2)12-9-5-7-11-8-6-10-16-13(11)12/h5,7,9H,3-4,6,8,10,15H2,1-2H3. The van der Waals surface area contributed by atoms with E-state index in [9.17, 15) is 0 Å². The van der Waals surface area contributed by atoms with Crippen molar-refractivity contribution in [1.29, 1.82) is 0 Å². The van der Waals surface area contributed by atoms with Crippen LogP contribution in [-0.2, 0) is 12.0 Å². The fourth-order valence-electron chi connectivity index (χ4n) is 2.41. The molecule has 2 heteroatoms. The normalized spacial score (nSPS) is 15.4. The summed E-state index contributed by atoms with van der Waals surface area (Å²) in [5.41, 5.74) is 8.74. The van der Waals surface area contributed by atoms with Gasteiger partial charge in [-0.05, 0) is 31.2 Å². The number of benzene rings is 1. The van der Waals surface area contributed by atoms with Crippen molar-refractivity contribution < 1.29 is 4.74 Å². The van der Waals surface area contributed by atoms with Crippen molar-refractivity contribution in [3.8, 4) is 5.75 Å². The molecule has 1 aromatic rings. The van der Waals surface area contributed by atoms with Crippen molar-refractivity contribution in [2.75, 3.05) is 6.61 Å². The highest BCUT2D eigenvalue weighted by molar-refractivity contribution is 5.46. The van der Waals surface area contributed by atoms with E-state index in [1.807, 2.05) is 0 Å². The Morgan fingerprint density at radius 2 is 2.06 bits per heavy atom. The molecule has 1 heterocycles. The van der Waals surface area contributed by atoms with Crippen LogP contribution in [0.3, 0.4) is 0 Å². The predicted octanol–water partition coefficient (Wildman–Crippen LogP) is 2.99. The largest absolute Gasteiger partial charge is 0.493 e. The van der Waals surface area contributed by atoms with E-state index >= 15 is 0 Å². The van der Waals surface area contributed by atoms with Crippen molar-refractivity contribution in [3.63, 3.8) is 0 Å². The minimum absolute atomic E-state index is 0.233. The van der Waals surface area contributed by atoms with Crippen LogP contribution >= 0.6 is 0 Å². The van der Waals surface area contributed by atoms with Gasteiger partial charge >= 0.3 is 0 Å². The van der Waals surface area contributed by atoms with Crippen molar-refractivity contribution in [2.24, 2.45) is 5.73 Å². The lowest BCUT2D eigenvalue weighted by Gasteiger charge is -2.31. The second-order valence-electron chi connectivity index (χ2n) is 4.61. The molecular weight excluding hydrogens is 198 g/mol. The Labute approximate surface area is 97.8 Å². The summed E-state index contributed by atoms with van der Waals surface area (Å²) in [7, 11) is 0. The molecule has 0 fully saturated rings. The Kier molecular flexibility index (Phi) is 3.20. The lowest BCUT2D eigenvalue weighted by Crippen LogP contribution is -2.36. The van der Waals surface area contributed by atoms with Crippen LogP contribution in [0.5, 0.6) is 5.75 Å². The van der Waals surface area contributed by atoms with Crippen LogP contribution < -0.4 is 10.5 Å². The Morgan fingerprint density at radius 3 is 2.75 bits per heavy atom. The van der Waals surface area contributed by atoms with Crippen LogP contribution in [0.4, 0.5) is 0 Å². The molecule has 0 amide bonds. The van der Waals surface area contributed by atoms with Crippen LogP contribution in [0.25, 0.3) is 0 Å². The Balaban J connectivity index is 2.48. The van der Waals surface area contributed by atoms with E-state index in [0.717, 1.165) is 38.0 Å². The van der Waals surface area contributed by atoms with Gasteiger partial charge in [-0.25, -0.2) is 0 Å². The molecule has 0 bridgehead atoms. The SMILES string of the molecule is CCC(N)(CC)c1cccc2c1OCCC2. The minimum Gasteiger partial charge on any atom is -0.493 e. The first-order chi connectivity index (χ1) is 7.71. The highest BCUT2D eigenvalue weighted by Gasteiger charge is 2.28. The Bertz CT molecular complexity index is 369. The molecule has 2 N–H and O–H groups in total. The fourth-order valence-corrected chi connectivity index (χ4v) is 2.41. The molecule has 0 aliphatic carbocycles. The molecule has 1 aromatic carbocycles. The van der Waals surface area contributed by atoms with Gasteiger partial charge in [0.1, 0.15) is 5.75 Å². The van der Waals surface area contributed by atoms with Gasteiger partial charge in [0, 0.05) is 11.1 Å². The number of hydrogen-bond donors (Lipinski definition) is 1. The molecule has 0 saturated carbocycles. The summed E-state index contributed by atoms with van der Waals surface area (Å²) in [5.74, 6) is 1.06. The second kappa shape index (κ2) is 4.46. The summed E-state index contributed by atoms with van der Waals surface area (Å²) in [4.78, 5) is 0. The van der Waals surface area contributed by atoms with Gasteiger partial charge in [0.15, 0.2) is 0 Å². The van der Waals surface area contributed by atoms with Gasteiger partial charge in [-0.3, -0.25) is 0 Å². The minimum atomic E-state index is -0.233. The number of aryl methyl sites for hydroxylation is 1. The quantitative estimate of drug-likeness (QED) is 0.848. The molecular formula is C14H21NO. The average molecular weight is 219 g/mol. The smallest absolute Gasteiger partial charge is 0.127 e. The molecule has 0 saturated heterocycles.